The van der Waals surface area contributed by atoms with E-state index in [1.807, 2.05) is 37.4 Å². The molecule has 0 aliphatic heterocycles. The zero-order valence-electron chi connectivity index (χ0n) is 16.5. The lowest BCUT2D eigenvalue weighted by molar-refractivity contribution is -0.138. The van der Waals surface area contributed by atoms with Crippen molar-refractivity contribution in [2.75, 3.05) is 11.9 Å². The number of benzene rings is 2. The van der Waals surface area contributed by atoms with E-state index in [0.717, 1.165) is 26.8 Å². The van der Waals surface area contributed by atoms with E-state index in [1.54, 1.807) is 23.5 Å². The second-order valence-corrected chi connectivity index (χ2v) is 8.04. The Morgan fingerprint density at radius 1 is 1.14 bits per heavy atom. The first-order valence-corrected chi connectivity index (χ1v) is 10.0. The molecule has 0 fully saturated rings. The zero-order valence-corrected chi connectivity index (χ0v) is 17.4. The maximum atomic E-state index is 12.1. The van der Waals surface area contributed by atoms with Crippen molar-refractivity contribution in [2.24, 2.45) is 0 Å². The molecule has 2 aromatic carbocycles. The number of aryl methyl sites for hydroxylation is 1. The predicted molar refractivity (Wildman–Crippen MR) is 115 cm³/mol. The number of anilines is 1. The second kappa shape index (κ2) is 8.87. The molecule has 29 heavy (non-hydrogen) atoms. The number of nitrogens with one attached hydrogen (secondary N) is 1. The third-order valence-electron chi connectivity index (χ3n) is 4.51. The molecule has 0 spiro atoms. The number of carbonyl (C=O) groups is 2. The monoisotopic (exact) mass is 409 g/mol. The maximum absolute atomic E-state index is 12.1. The van der Waals surface area contributed by atoms with Crippen LogP contribution in [0.1, 0.15) is 27.7 Å². The molecule has 1 amide bonds. The van der Waals surface area contributed by atoms with Gasteiger partial charge in [0, 0.05) is 29.6 Å². The summed E-state index contributed by atoms with van der Waals surface area (Å²) in [5, 5.41) is 12.3. The number of thiazole rings is 1. The Kier molecular flexibility index (Phi) is 6.29. The first-order chi connectivity index (χ1) is 13.8. The zero-order chi connectivity index (χ0) is 21.0. The largest absolute Gasteiger partial charge is 0.480 e. The standard InChI is InChI=1S/C22H23N3O3S/c1-14(21(27)28)23-20(26)18-11-9-16(10-12-18)13-25(3)22-24-19(15(2)29-22)17-7-5-4-6-8-17/h4-12,14H,13H2,1-3H3,(H,23,26)(H,27,28). The molecular formula is C22H23N3O3S. The quantitative estimate of drug-likeness (QED) is 0.617. The van der Waals surface area contributed by atoms with Gasteiger partial charge in [-0.1, -0.05) is 42.5 Å². The Balaban J connectivity index is 1.68. The Morgan fingerprint density at radius 2 is 1.79 bits per heavy atom. The van der Waals surface area contributed by atoms with Crippen molar-refractivity contribution in [2.45, 2.75) is 26.4 Å². The van der Waals surface area contributed by atoms with Gasteiger partial charge in [0.1, 0.15) is 6.04 Å². The number of aromatic nitrogens is 1. The summed E-state index contributed by atoms with van der Waals surface area (Å²) in [6.45, 7) is 4.15. The lowest BCUT2D eigenvalue weighted by atomic mass is 10.1. The molecule has 6 nitrogen and oxygen atoms in total. The Hall–Kier alpha value is -3.19. The van der Waals surface area contributed by atoms with Crippen molar-refractivity contribution in [3.63, 3.8) is 0 Å². The highest BCUT2D eigenvalue weighted by molar-refractivity contribution is 7.16. The molecule has 7 heteroatoms. The highest BCUT2D eigenvalue weighted by Gasteiger charge is 2.16. The molecule has 0 aliphatic rings. The predicted octanol–water partition coefficient (Wildman–Crippen LogP) is 3.96. The van der Waals surface area contributed by atoms with Crippen molar-refractivity contribution in [1.29, 1.82) is 0 Å². The van der Waals surface area contributed by atoms with Crippen molar-refractivity contribution in [3.8, 4) is 11.3 Å². The minimum absolute atomic E-state index is 0.400. The van der Waals surface area contributed by atoms with Gasteiger partial charge in [-0.15, -0.1) is 11.3 Å². The minimum Gasteiger partial charge on any atom is -0.480 e. The van der Waals surface area contributed by atoms with Gasteiger partial charge in [-0.3, -0.25) is 9.59 Å². The van der Waals surface area contributed by atoms with Gasteiger partial charge >= 0.3 is 5.97 Å². The summed E-state index contributed by atoms with van der Waals surface area (Å²) >= 11 is 1.65. The maximum Gasteiger partial charge on any atom is 0.325 e. The molecule has 0 saturated heterocycles. The molecule has 150 valence electrons. The Labute approximate surface area is 173 Å². The summed E-state index contributed by atoms with van der Waals surface area (Å²) in [4.78, 5) is 31.0. The van der Waals surface area contributed by atoms with Crippen LogP contribution in [-0.4, -0.2) is 35.1 Å². The molecule has 2 N–H and O–H groups in total. The van der Waals surface area contributed by atoms with Gasteiger partial charge in [0.25, 0.3) is 5.91 Å². The number of carbonyl (C=O) groups excluding carboxylic acids is 1. The fraction of sp³-hybridized carbons (Fsp3) is 0.227. The van der Waals surface area contributed by atoms with E-state index in [-0.39, 0.29) is 0 Å². The van der Waals surface area contributed by atoms with Crippen LogP contribution in [0.25, 0.3) is 11.3 Å². The Morgan fingerprint density at radius 3 is 2.41 bits per heavy atom. The molecule has 1 unspecified atom stereocenters. The van der Waals surface area contributed by atoms with Crippen LogP contribution in [0.5, 0.6) is 0 Å². The van der Waals surface area contributed by atoms with Crippen LogP contribution in [0, 0.1) is 6.92 Å². The molecule has 1 atom stereocenters. The van der Waals surface area contributed by atoms with E-state index < -0.39 is 17.9 Å². The normalized spacial score (nSPS) is 11.7. The van der Waals surface area contributed by atoms with E-state index in [2.05, 4.69) is 29.3 Å². The third kappa shape index (κ3) is 5.00. The molecule has 0 bridgehead atoms. The number of carboxylic acid groups (broad SMARTS) is 1. The molecule has 1 heterocycles. The summed E-state index contributed by atoms with van der Waals surface area (Å²) in [5.74, 6) is -1.46. The van der Waals surface area contributed by atoms with Gasteiger partial charge < -0.3 is 15.3 Å². The van der Waals surface area contributed by atoms with Crippen LogP contribution in [0.4, 0.5) is 5.13 Å². The summed E-state index contributed by atoms with van der Waals surface area (Å²) in [5.41, 5.74) is 3.56. The molecule has 1 aromatic heterocycles. The van der Waals surface area contributed by atoms with Gasteiger partial charge in [-0.25, -0.2) is 4.98 Å². The number of hydrogen-bond acceptors (Lipinski definition) is 5. The summed E-state index contributed by atoms with van der Waals surface area (Å²) in [7, 11) is 1.99. The highest BCUT2D eigenvalue weighted by atomic mass is 32.1. The lowest BCUT2D eigenvalue weighted by Crippen LogP contribution is -2.38. The highest BCUT2D eigenvalue weighted by Crippen LogP contribution is 2.32. The van der Waals surface area contributed by atoms with Gasteiger partial charge in [0.2, 0.25) is 0 Å². The lowest BCUT2D eigenvalue weighted by Gasteiger charge is -2.16. The van der Waals surface area contributed by atoms with Gasteiger partial charge in [0.15, 0.2) is 5.13 Å². The number of aliphatic carboxylic acids is 1. The smallest absolute Gasteiger partial charge is 0.325 e. The van der Waals surface area contributed by atoms with Crippen LogP contribution in [0.2, 0.25) is 0 Å². The SMILES string of the molecule is Cc1sc(N(C)Cc2ccc(C(=O)NC(C)C(=O)O)cc2)nc1-c1ccccc1. The molecule has 3 rings (SSSR count). The number of hydrogen-bond donors (Lipinski definition) is 2. The van der Waals surface area contributed by atoms with E-state index in [0.29, 0.717) is 12.1 Å². The van der Waals surface area contributed by atoms with E-state index >= 15 is 0 Å². The molecule has 0 aliphatic carbocycles. The van der Waals surface area contributed by atoms with Gasteiger partial charge in [0.05, 0.1) is 5.69 Å². The van der Waals surface area contributed by atoms with E-state index in [4.69, 9.17) is 10.1 Å². The topological polar surface area (TPSA) is 82.5 Å². The van der Waals surface area contributed by atoms with E-state index in [1.165, 1.54) is 6.92 Å². The second-order valence-electron chi connectivity index (χ2n) is 6.85. The van der Waals surface area contributed by atoms with Crippen molar-refractivity contribution in [3.05, 3.63) is 70.6 Å². The van der Waals surface area contributed by atoms with Crippen LogP contribution < -0.4 is 10.2 Å². The average molecular weight is 410 g/mol. The third-order valence-corrected chi connectivity index (χ3v) is 5.60. The average Bonchev–Trinajstić information content (AvgIpc) is 3.11. The van der Waals surface area contributed by atoms with Crippen LogP contribution in [0.3, 0.4) is 0 Å². The minimum atomic E-state index is -1.06. The van der Waals surface area contributed by atoms with Crippen molar-refractivity contribution >= 4 is 28.3 Å². The molecule has 0 saturated carbocycles. The number of amides is 1. The van der Waals surface area contributed by atoms with E-state index in [9.17, 15) is 9.59 Å². The van der Waals surface area contributed by atoms with Crippen LogP contribution in [-0.2, 0) is 11.3 Å². The summed E-state index contributed by atoms with van der Waals surface area (Å²) in [6.07, 6.45) is 0. The number of carboxylic acids is 1. The Bertz CT molecular complexity index is 1000. The molecule has 0 radical (unpaired) electrons. The first kappa shape index (κ1) is 20.5. The first-order valence-electron chi connectivity index (χ1n) is 9.21. The van der Waals surface area contributed by atoms with Crippen LogP contribution >= 0.6 is 11.3 Å². The van der Waals surface area contributed by atoms with Gasteiger partial charge in [-0.2, -0.15) is 0 Å². The molecule has 3 aromatic rings. The number of nitrogens with zero attached hydrogens (tertiary/aromatic N) is 2. The summed E-state index contributed by atoms with van der Waals surface area (Å²) < 4.78 is 0. The van der Waals surface area contributed by atoms with Crippen molar-refractivity contribution in [1.82, 2.24) is 10.3 Å². The molecular weight excluding hydrogens is 386 g/mol. The van der Waals surface area contributed by atoms with Crippen LogP contribution in [0.15, 0.2) is 54.6 Å². The fourth-order valence-electron chi connectivity index (χ4n) is 2.85. The summed E-state index contributed by atoms with van der Waals surface area (Å²) in [6, 6.07) is 16.3. The number of rotatable bonds is 7. The van der Waals surface area contributed by atoms with Gasteiger partial charge in [-0.05, 0) is 31.5 Å². The fourth-order valence-corrected chi connectivity index (χ4v) is 3.75. The van der Waals surface area contributed by atoms with Crippen molar-refractivity contribution < 1.29 is 14.7 Å².